The first-order valence-electron chi connectivity index (χ1n) is 12.2. The van der Waals surface area contributed by atoms with E-state index in [2.05, 4.69) is 25.7 Å². The number of rotatable bonds is 3. The Kier molecular flexibility index (Phi) is 7.99. The molecule has 0 unspecified atom stereocenters. The summed E-state index contributed by atoms with van der Waals surface area (Å²) in [6, 6.07) is 10.1. The second-order valence-corrected chi connectivity index (χ2v) is 9.30. The third-order valence-electron chi connectivity index (χ3n) is 6.45. The maximum absolute atomic E-state index is 14.5. The van der Waals surface area contributed by atoms with Gasteiger partial charge in [0.15, 0.2) is 0 Å². The number of hydrogen-bond acceptors (Lipinski definition) is 5. The largest absolute Gasteiger partial charge is 0.453 e. The number of carbonyl (C=O) groups excluding carboxylic acids is 3. The molecule has 3 amide bonds. The lowest BCUT2D eigenvalue weighted by molar-refractivity contribution is -0.119. The summed E-state index contributed by atoms with van der Waals surface area (Å²) in [4.78, 5) is 42.1. The van der Waals surface area contributed by atoms with Crippen LogP contribution < -0.4 is 16.0 Å². The van der Waals surface area contributed by atoms with Gasteiger partial charge in [-0.2, -0.15) is 0 Å². The molecule has 1 aliphatic rings. The van der Waals surface area contributed by atoms with Gasteiger partial charge in [0.1, 0.15) is 17.2 Å². The molecule has 0 spiro atoms. The highest BCUT2D eigenvalue weighted by atomic mass is 19.1. The van der Waals surface area contributed by atoms with Gasteiger partial charge in [-0.05, 0) is 67.3 Å². The Morgan fingerprint density at radius 2 is 1.82 bits per heavy atom. The summed E-state index contributed by atoms with van der Waals surface area (Å²) in [5.74, 6) is -3.33. The molecule has 198 valence electrons. The van der Waals surface area contributed by atoms with Crippen LogP contribution >= 0.6 is 0 Å². The Labute approximate surface area is 218 Å². The van der Waals surface area contributed by atoms with Crippen molar-refractivity contribution in [3.05, 3.63) is 77.1 Å². The first-order valence-corrected chi connectivity index (χ1v) is 12.2. The van der Waals surface area contributed by atoms with Crippen LogP contribution in [0.5, 0.6) is 0 Å². The van der Waals surface area contributed by atoms with E-state index < -0.39 is 35.2 Å². The highest BCUT2D eigenvalue weighted by molar-refractivity contribution is 5.98. The smallest absolute Gasteiger partial charge is 0.411 e. The number of nitrogens with zero attached hydrogens (tertiary/aromatic N) is 1. The molecular formula is C28H28F2N4O4. The number of aromatic nitrogens is 1. The second-order valence-electron chi connectivity index (χ2n) is 9.30. The first kappa shape index (κ1) is 26.7. The fourth-order valence-electron chi connectivity index (χ4n) is 4.41. The van der Waals surface area contributed by atoms with Gasteiger partial charge in [0, 0.05) is 23.4 Å². The average molecular weight is 523 g/mol. The number of pyridine rings is 1. The highest BCUT2D eigenvalue weighted by Gasteiger charge is 2.25. The van der Waals surface area contributed by atoms with E-state index in [4.69, 9.17) is 0 Å². The van der Waals surface area contributed by atoms with E-state index in [9.17, 15) is 23.2 Å². The van der Waals surface area contributed by atoms with Crippen molar-refractivity contribution in [2.45, 2.75) is 39.2 Å². The van der Waals surface area contributed by atoms with Crippen molar-refractivity contribution in [3.63, 3.8) is 0 Å². The van der Waals surface area contributed by atoms with Crippen LogP contribution in [0.2, 0.25) is 0 Å². The molecule has 0 saturated heterocycles. The maximum atomic E-state index is 14.5. The fourth-order valence-corrected chi connectivity index (χ4v) is 4.41. The molecule has 2 aromatic carbocycles. The number of ether oxygens (including phenoxy) is 1. The molecule has 0 saturated carbocycles. The monoisotopic (exact) mass is 522 g/mol. The van der Waals surface area contributed by atoms with E-state index in [-0.39, 0.29) is 11.8 Å². The zero-order valence-electron chi connectivity index (χ0n) is 21.2. The Hall–Kier alpha value is -4.34. The normalized spacial score (nSPS) is 17.2. The lowest BCUT2D eigenvalue weighted by Gasteiger charge is -2.22. The Balaban J connectivity index is 1.73. The molecule has 2 heterocycles. The molecule has 3 aromatic rings. The minimum atomic E-state index is -0.939. The summed E-state index contributed by atoms with van der Waals surface area (Å²) < 4.78 is 33.6. The first-order chi connectivity index (χ1) is 18.2. The predicted octanol–water partition coefficient (Wildman–Crippen LogP) is 5.74. The Bertz CT molecular complexity index is 1370. The lowest BCUT2D eigenvalue weighted by Crippen LogP contribution is -2.31. The van der Waals surface area contributed by atoms with Gasteiger partial charge in [0.05, 0.1) is 24.5 Å². The molecular weight excluding hydrogens is 494 g/mol. The molecule has 2 bridgehead atoms. The molecule has 0 radical (unpaired) electrons. The highest BCUT2D eigenvalue weighted by Crippen LogP contribution is 2.34. The number of amides is 3. The van der Waals surface area contributed by atoms with Crippen molar-refractivity contribution in [2.75, 3.05) is 17.7 Å². The summed E-state index contributed by atoms with van der Waals surface area (Å²) >= 11 is 0. The van der Waals surface area contributed by atoms with Crippen LogP contribution in [0.4, 0.5) is 25.0 Å². The topological polar surface area (TPSA) is 109 Å². The van der Waals surface area contributed by atoms with E-state index >= 15 is 0 Å². The fraction of sp³-hybridized carbons (Fsp3) is 0.286. The maximum Gasteiger partial charge on any atom is 0.411 e. The minimum Gasteiger partial charge on any atom is -0.453 e. The number of nitrogens with one attached hydrogen (secondary N) is 3. The zero-order valence-corrected chi connectivity index (χ0v) is 21.2. The molecule has 1 aromatic heterocycles. The Morgan fingerprint density at radius 1 is 1.08 bits per heavy atom. The number of fused-ring (bicyclic) bond motifs is 4. The van der Waals surface area contributed by atoms with Crippen LogP contribution in [-0.2, 0) is 9.53 Å². The van der Waals surface area contributed by atoms with Gasteiger partial charge in [-0.25, -0.2) is 13.6 Å². The molecule has 10 heteroatoms. The van der Waals surface area contributed by atoms with Gasteiger partial charge < -0.3 is 15.4 Å². The molecule has 4 rings (SSSR count). The Morgan fingerprint density at radius 3 is 2.53 bits per heavy atom. The summed E-state index contributed by atoms with van der Waals surface area (Å²) in [5, 5.41) is 8.27. The molecule has 0 fully saturated rings. The lowest BCUT2D eigenvalue weighted by atomic mass is 9.95. The van der Waals surface area contributed by atoms with Crippen LogP contribution in [0.15, 0.2) is 48.7 Å². The molecule has 3 N–H and O–H groups in total. The van der Waals surface area contributed by atoms with Crippen LogP contribution in [0.3, 0.4) is 0 Å². The molecule has 0 aliphatic carbocycles. The number of benzene rings is 2. The van der Waals surface area contributed by atoms with E-state index in [0.717, 1.165) is 12.1 Å². The average Bonchev–Trinajstić information content (AvgIpc) is 2.87. The van der Waals surface area contributed by atoms with E-state index in [1.165, 1.54) is 7.11 Å². The van der Waals surface area contributed by atoms with Crippen molar-refractivity contribution in [3.8, 4) is 11.1 Å². The summed E-state index contributed by atoms with van der Waals surface area (Å²) in [6.45, 7) is 3.33. The van der Waals surface area contributed by atoms with E-state index in [1.807, 2.05) is 0 Å². The van der Waals surface area contributed by atoms with Crippen molar-refractivity contribution in [1.29, 1.82) is 0 Å². The standard InChI is InChI=1S/C28H28F2N4O4/c1-15-11-20(29)25(21(30)12-15)27(36)33-22-6-4-5-16(2)26(35)34-23-14-18(32-28(37)38-3)7-8-19(23)17-9-10-31-24(22)13-17/h7-14,16,22H,4-6H2,1-3H3,(H,32,37)(H,33,36)(H,34,35)/t16-,22+/m1/s1. The summed E-state index contributed by atoms with van der Waals surface area (Å²) in [6.07, 6.45) is 2.37. The number of hydrogen-bond donors (Lipinski definition) is 3. The van der Waals surface area contributed by atoms with Gasteiger partial charge in [-0.3, -0.25) is 19.9 Å². The summed E-state index contributed by atoms with van der Waals surface area (Å²) in [7, 11) is 1.25. The van der Waals surface area contributed by atoms with E-state index in [1.54, 1.807) is 50.4 Å². The third kappa shape index (κ3) is 5.96. The van der Waals surface area contributed by atoms with Gasteiger partial charge >= 0.3 is 6.09 Å². The van der Waals surface area contributed by atoms with Gasteiger partial charge in [-0.15, -0.1) is 0 Å². The van der Waals surface area contributed by atoms with Crippen LogP contribution in [-0.4, -0.2) is 30.0 Å². The zero-order chi connectivity index (χ0) is 27.4. The quantitative estimate of drug-likeness (QED) is 0.406. The second kappa shape index (κ2) is 11.4. The number of aryl methyl sites for hydroxylation is 1. The van der Waals surface area contributed by atoms with Crippen LogP contribution in [0, 0.1) is 24.5 Å². The molecule has 2 atom stereocenters. The van der Waals surface area contributed by atoms with Gasteiger partial charge in [0.2, 0.25) is 5.91 Å². The van der Waals surface area contributed by atoms with Crippen LogP contribution in [0.1, 0.15) is 53.8 Å². The van der Waals surface area contributed by atoms with Crippen molar-refractivity contribution in [2.24, 2.45) is 5.92 Å². The number of halogens is 2. The van der Waals surface area contributed by atoms with Gasteiger partial charge in [0.25, 0.3) is 5.91 Å². The van der Waals surface area contributed by atoms with Crippen LogP contribution in [0.25, 0.3) is 11.1 Å². The van der Waals surface area contributed by atoms with Gasteiger partial charge in [-0.1, -0.05) is 19.4 Å². The van der Waals surface area contributed by atoms with Crippen molar-refractivity contribution < 1.29 is 27.9 Å². The number of methoxy groups -OCH3 is 1. The predicted molar refractivity (Wildman–Crippen MR) is 139 cm³/mol. The minimum absolute atomic E-state index is 0.208. The van der Waals surface area contributed by atoms with Crippen molar-refractivity contribution >= 4 is 29.3 Å². The molecule has 38 heavy (non-hydrogen) atoms. The SMILES string of the molecule is COC(=O)Nc1ccc2c(c1)NC(=O)[C@H](C)CCC[C@H](NC(=O)c1c(F)cc(C)cc1F)c1cc-2ccn1. The molecule has 1 aliphatic heterocycles. The molecule has 8 nitrogen and oxygen atoms in total. The number of anilines is 2. The summed E-state index contributed by atoms with van der Waals surface area (Å²) in [5.41, 5.74) is 2.47. The van der Waals surface area contributed by atoms with Crippen molar-refractivity contribution in [1.82, 2.24) is 10.3 Å². The number of carbonyl (C=O) groups is 3. The third-order valence-corrected chi connectivity index (χ3v) is 6.45. The van der Waals surface area contributed by atoms with E-state index in [0.29, 0.717) is 53.0 Å².